The smallest absolute Gasteiger partial charge is 0.403 e. The molecule has 0 spiro atoms. The van der Waals surface area contributed by atoms with Crippen molar-refractivity contribution in [1.29, 1.82) is 5.26 Å². The summed E-state index contributed by atoms with van der Waals surface area (Å²) in [6, 6.07) is 12.1. The van der Waals surface area contributed by atoms with Crippen LogP contribution in [-0.4, -0.2) is 42.5 Å². The van der Waals surface area contributed by atoms with Crippen molar-refractivity contribution in [1.82, 2.24) is 9.97 Å². The molecule has 30 heavy (non-hydrogen) atoms. The maximum Gasteiger partial charge on any atom is 0.573 e. The van der Waals surface area contributed by atoms with Gasteiger partial charge in [0.15, 0.2) is 5.75 Å². The fraction of sp³-hybridized carbons (Fsp3) is 0.286. The van der Waals surface area contributed by atoms with E-state index in [1.54, 1.807) is 31.3 Å². The van der Waals surface area contributed by atoms with Crippen molar-refractivity contribution in [2.75, 3.05) is 36.0 Å². The highest BCUT2D eigenvalue weighted by Crippen LogP contribution is 2.35. The molecule has 6 nitrogen and oxygen atoms in total. The van der Waals surface area contributed by atoms with E-state index in [2.05, 4.69) is 30.6 Å². The van der Waals surface area contributed by atoms with Gasteiger partial charge in [0.2, 0.25) is 0 Å². The highest BCUT2D eigenvalue weighted by molar-refractivity contribution is 5.95. The first-order valence-corrected chi connectivity index (χ1v) is 9.36. The number of rotatable bonds is 3. The zero-order valence-corrected chi connectivity index (χ0v) is 16.1. The molecule has 0 amide bonds. The van der Waals surface area contributed by atoms with Crippen molar-refractivity contribution in [3.05, 3.63) is 53.9 Å². The molecule has 0 N–H and O–H groups in total. The third kappa shape index (κ3) is 4.08. The van der Waals surface area contributed by atoms with Crippen LogP contribution in [0.5, 0.6) is 5.75 Å². The standard InChI is InChI=1S/C21H18F3N5O/c1-14-11-17(16-3-2-4-18(20(16)27-14)30-21(22,23)24)28-7-9-29(10-8-28)19-6-5-15(12-25)13-26-19/h2-6,11,13H,7-10H2,1H3. The number of piperazine rings is 1. The second-order valence-electron chi connectivity index (χ2n) is 6.97. The molecule has 154 valence electrons. The van der Waals surface area contributed by atoms with E-state index in [4.69, 9.17) is 5.26 Å². The number of benzene rings is 1. The molecular weight excluding hydrogens is 395 g/mol. The maximum absolute atomic E-state index is 12.8. The number of pyridine rings is 2. The Hall–Kier alpha value is -3.54. The summed E-state index contributed by atoms with van der Waals surface area (Å²) in [7, 11) is 0. The average molecular weight is 413 g/mol. The highest BCUT2D eigenvalue weighted by Gasteiger charge is 2.32. The lowest BCUT2D eigenvalue weighted by Crippen LogP contribution is -2.47. The molecule has 3 aromatic rings. The minimum atomic E-state index is -4.78. The predicted molar refractivity (Wildman–Crippen MR) is 107 cm³/mol. The monoisotopic (exact) mass is 413 g/mol. The molecule has 1 saturated heterocycles. The van der Waals surface area contributed by atoms with Crippen LogP contribution in [0.3, 0.4) is 0 Å². The summed E-state index contributed by atoms with van der Waals surface area (Å²) < 4.78 is 42.5. The van der Waals surface area contributed by atoms with Crippen LogP contribution in [0.4, 0.5) is 24.7 Å². The number of aryl methyl sites for hydroxylation is 1. The Morgan fingerprint density at radius 2 is 1.80 bits per heavy atom. The van der Waals surface area contributed by atoms with E-state index in [1.165, 1.54) is 6.07 Å². The first-order chi connectivity index (χ1) is 14.3. The minimum Gasteiger partial charge on any atom is -0.403 e. The van der Waals surface area contributed by atoms with Crippen molar-refractivity contribution in [3.63, 3.8) is 0 Å². The van der Waals surface area contributed by atoms with Crippen LogP contribution in [0.15, 0.2) is 42.6 Å². The van der Waals surface area contributed by atoms with Crippen LogP contribution in [-0.2, 0) is 0 Å². The molecule has 9 heteroatoms. The number of halogens is 3. The third-order valence-electron chi connectivity index (χ3n) is 4.96. The van der Waals surface area contributed by atoms with Gasteiger partial charge in [-0.05, 0) is 31.2 Å². The van der Waals surface area contributed by atoms with Crippen LogP contribution in [0.2, 0.25) is 0 Å². The van der Waals surface area contributed by atoms with Gasteiger partial charge in [0.25, 0.3) is 0 Å². The van der Waals surface area contributed by atoms with Gasteiger partial charge in [0.05, 0.1) is 5.56 Å². The summed E-state index contributed by atoms with van der Waals surface area (Å²) in [6.07, 6.45) is -3.23. The SMILES string of the molecule is Cc1cc(N2CCN(c3ccc(C#N)cn3)CC2)c2cccc(OC(F)(F)F)c2n1. The molecule has 1 aliphatic heterocycles. The first-order valence-electron chi connectivity index (χ1n) is 9.36. The fourth-order valence-electron chi connectivity index (χ4n) is 3.61. The lowest BCUT2D eigenvalue weighted by Gasteiger charge is -2.37. The Balaban J connectivity index is 1.59. The molecule has 0 saturated carbocycles. The number of hydrogen-bond acceptors (Lipinski definition) is 6. The number of para-hydroxylation sites is 1. The van der Waals surface area contributed by atoms with Crippen molar-refractivity contribution >= 4 is 22.4 Å². The number of fused-ring (bicyclic) bond motifs is 1. The van der Waals surface area contributed by atoms with E-state index >= 15 is 0 Å². The van der Waals surface area contributed by atoms with Gasteiger partial charge >= 0.3 is 6.36 Å². The van der Waals surface area contributed by atoms with E-state index in [0.717, 1.165) is 11.5 Å². The topological polar surface area (TPSA) is 65.3 Å². The zero-order chi connectivity index (χ0) is 21.3. The van der Waals surface area contributed by atoms with Crippen LogP contribution < -0.4 is 14.5 Å². The van der Waals surface area contributed by atoms with Crippen LogP contribution >= 0.6 is 0 Å². The number of anilines is 2. The number of aromatic nitrogens is 2. The lowest BCUT2D eigenvalue weighted by molar-refractivity contribution is -0.274. The van der Waals surface area contributed by atoms with E-state index in [1.807, 2.05) is 12.1 Å². The quantitative estimate of drug-likeness (QED) is 0.646. The predicted octanol–water partition coefficient (Wildman–Crippen LogP) is 4.04. The van der Waals surface area contributed by atoms with Gasteiger partial charge in [0.1, 0.15) is 17.4 Å². The zero-order valence-electron chi connectivity index (χ0n) is 16.1. The number of nitriles is 1. The Morgan fingerprint density at radius 3 is 2.43 bits per heavy atom. The van der Waals surface area contributed by atoms with E-state index in [0.29, 0.717) is 42.8 Å². The second kappa shape index (κ2) is 7.71. The van der Waals surface area contributed by atoms with Gasteiger partial charge in [-0.3, -0.25) is 0 Å². The Bertz CT molecular complexity index is 1100. The molecule has 2 aromatic heterocycles. The number of nitrogens with zero attached hydrogens (tertiary/aromatic N) is 5. The summed E-state index contributed by atoms with van der Waals surface area (Å²) >= 11 is 0. The molecule has 0 radical (unpaired) electrons. The fourth-order valence-corrected chi connectivity index (χ4v) is 3.61. The van der Waals surface area contributed by atoms with Gasteiger partial charge in [0, 0.05) is 49.1 Å². The van der Waals surface area contributed by atoms with E-state index in [9.17, 15) is 13.2 Å². The van der Waals surface area contributed by atoms with E-state index in [-0.39, 0.29) is 11.3 Å². The van der Waals surface area contributed by atoms with Crippen molar-refractivity contribution in [3.8, 4) is 11.8 Å². The van der Waals surface area contributed by atoms with Gasteiger partial charge in [-0.15, -0.1) is 13.2 Å². The van der Waals surface area contributed by atoms with Crippen molar-refractivity contribution < 1.29 is 17.9 Å². The third-order valence-corrected chi connectivity index (χ3v) is 4.96. The Labute approximate surface area is 171 Å². The number of hydrogen-bond donors (Lipinski definition) is 0. The molecule has 0 bridgehead atoms. The van der Waals surface area contributed by atoms with E-state index < -0.39 is 6.36 Å². The molecular formula is C21H18F3N5O. The molecule has 3 heterocycles. The minimum absolute atomic E-state index is 0.195. The summed E-state index contributed by atoms with van der Waals surface area (Å²) in [4.78, 5) is 12.9. The number of alkyl halides is 3. The van der Waals surface area contributed by atoms with Crippen LogP contribution in [0.1, 0.15) is 11.3 Å². The van der Waals surface area contributed by atoms with Gasteiger partial charge in [-0.1, -0.05) is 12.1 Å². The molecule has 0 unspecified atom stereocenters. The second-order valence-corrected chi connectivity index (χ2v) is 6.97. The Morgan fingerprint density at radius 1 is 1.07 bits per heavy atom. The van der Waals surface area contributed by atoms with Gasteiger partial charge in [-0.2, -0.15) is 5.26 Å². The molecule has 0 atom stereocenters. The molecule has 0 aliphatic carbocycles. The molecule has 4 rings (SSSR count). The lowest BCUT2D eigenvalue weighted by atomic mass is 10.1. The highest BCUT2D eigenvalue weighted by atomic mass is 19.4. The molecule has 1 aliphatic rings. The van der Waals surface area contributed by atoms with Gasteiger partial charge in [-0.25, -0.2) is 9.97 Å². The first kappa shape index (κ1) is 19.8. The average Bonchev–Trinajstić information content (AvgIpc) is 2.73. The normalized spacial score (nSPS) is 14.6. The summed E-state index contributed by atoms with van der Waals surface area (Å²) in [5.41, 5.74) is 2.15. The molecule has 1 fully saturated rings. The Kier molecular flexibility index (Phi) is 5.08. The summed E-state index contributed by atoms with van der Waals surface area (Å²) in [5, 5.41) is 9.52. The number of ether oxygens (including phenoxy) is 1. The summed E-state index contributed by atoms with van der Waals surface area (Å²) in [5.74, 6) is 0.496. The van der Waals surface area contributed by atoms with Crippen molar-refractivity contribution in [2.24, 2.45) is 0 Å². The molecule has 1 aromatic carbocycles. The van der Waals surface area contributed by atoms with Crippen LogP contribution in [0.25, 0.3) is 10.9 Å². The van der Waals surface area contributed by atoms with Crippen LogP contribution in [0, 0.1) is 18.3 Å². The van der Waals surface area contributed by atoms with Crippen molar-refractivity contribution in [2.45, 2.75) is 13.3 Å². The van der Waals surface area contributed by atoms with Gasteiger partial charge < -0.3 is 14.5 Å². The maximum atomic E-state index is 12.8. The summed E-state index contributed by atoms with van der Waals surface area (Å²) in [6.45, 7) is 4.49. The largest absolute Gasteiger partial charge is 0.573 e.